The zero-order valence-electron chi connectivity index (χ0n) is 16.9. The Labute approximate surface area is 170 Å². The van der Waals surface area contributed by atoms with Gasteiger partial charge in [-0.1, -0.05) is 39.0 Å². The Morgan fingerprint density at radius 1 is 1.21 bits per heavy atom. The largest absolute Gasteiger partial charge is 0.476 e. The molecule has 0 radical (unpaired) electrons. The summed E-state index contributed by atoms with van der Waals surface area (Å²) in [5.41, 5.74) is 1.96. The monoisotopic (exact) mass is 420 g/mol. The second kappa shape index (κ2) is 7.67. The van der Waals surface area contributed by atoms with Gasteiger partial charge in [0.15, 0.2) is 6.10 Å². The summed E-state index contributed by atoms with van der Waals surface area (Å²) in [5.74, 6) is -0.448. The number of nitrogens with zero attached hydrogens (tertiary/aromatic N) is 1. The van der Waals surface area contributed by atoms with Gasteiger partial charge in [-0.25, -0.2) is 12.8 Å². The first-order valence-electron chi connectivity index (χ1n) is 9.26. The number of nitrogens with one attached hydrogen (secondary N) is 1. The van der Waals surface area contributed by atoms with Crippen molar-refractivity contribution in [2.24, 2.45) is 0 Å². The first kappa shape index (κ1) is 21.1. The molecule has 1 unspecified atom stereocenters. The van der Waals surface area contributed by atoms with Crippen LogP contribution in [0.15, 0.2) is 42.5 Å². The van der Waals surface area contributed by atoms with Crippen molar-refractivity contribution in [1.82, 2.24) is 5.32 Å². The minimum absolute atomic E-state index is 0.116. The van der Waals surface area contributed by atoms with Gasteiger partial charge in [0.2, 0.25) is 10.0 Å². The number of hydrogen-bond acceptors (Lipinski definition) is 4. The van der Waals surface area contributed by atoms with E-state index in [1.807, 2.05) is 26.8 Å². The third kappa shape index (κ3) is 4.87. The molecule has 0 aromatic heterocycles. The molecule has 0 fully saturated rings. The van der Waals surface area contributed by atoms with E-state index in [-0.39, 0.29) is 24.3 Å². The second-order valence-corrected chi connectivity index (χ2v) is 10.1. The highest BCUT2D eigenvalue weighted by Gasteiger charge is 2.35. The molecule has 1 heterocycles. The van der Waals surface area contributed by atoms with Gasteiger partial charge in [0.25, 0.3) is 5.91 Å². The lowest BCUT2D eigenvalue weighted by molar-refractivity contribution is -0.127. The summed E-state index contributed by atoms with van der Waals surface area (Å²) >= 11 is 0. The fourth-order valence-electron chi connectivity index (χ4n) is 3.07. The average Bonchev–Trinajstić information content (AvgIpc) is 2.64. The van der Waals surface area contributed by atoms with Gasteiger partial charge >= 0.3 is 0 Å². The van der Waals surface area contributed by atoms with Crippen LogP contribution in [0.1, 0.15) is 31.9 Å². The van der Waals surface area contributed by atoms with E-state index in [4.69, 9.17) is 4.74 Å². The van der Waals surface area contributed by atoms with Gasteiger partial charge in [0.05, 0.1) is 18.5 Å². The van der Waals surface area contributed by atoms with Gasteiger partial charge in [-0.05, 0) is 40.8 Å². The third-order valence-corrected chi connectivity index (χ3v) is 5.91. The maximum absolute atomic E-state index is 13.0. The molecule has 0 bridgehead atoms. The Morgan fingerprint density at radius 3 is 2.45 bits per heavy atom. The minimum Gasteiger partial charge on any atom is -0.476 e. The SMILES string of the molecule is CC(C)(C)c1ccc2c(c1)N(S(C)(=O)=O)CC(C(=O)NCc1ccc(F)cc1)O2. The molecule has 1 aliphatic heterocycles. The molecule has 156 valence electrons. The first-order valence-corrected chi connectivity index (χ1v) is 11.1. The Bertz CT molecular complexity index is 1010. The van der Waals surface area contributed by atoms with Crippen LogP contribution in [0.3, 0.4) is 0 Å². The molecule has 3 rings (SSSR count). The number of fused-ring (bicyclic) bond motifs is 1. The predicted molar refractivity (Wildman–Crippen MR) is 110 cm³/mol. The third-order valence-electron chi connectivity index (χ3n) is 4.77. The van der Waals surface area contributed by atoms with Crippen molar-refractivity contribution in [1.29, 1.82) is 0 Å². The summed E-state index contributed by atoms with van der Waals surface area (Å²) in [6.45, 7) is 6.18. The maximum atomic E-state index is 13.0. The Hall–Kier alpha value is -2.61. The predicted octanol–water partition coefficient (Wildman–Crippen LogP) is 2.97. The highest BCUT2D eigenvalue weighted by atomic mass is 32.2. The summed E-state index contributed by atoms with van der Waals surface area (Å²) in [6, 6.07) is 11.1. The van der Waals surface area contributed by atoms with Crippen LogP contribution in [0.5, 0.6) is 5.75 Å². The van der Waals surface area contributed by atoms with Crippen LogP contribution in [0.2, 0.25) is 0 Å². The zero-order valence-corrected chi connectivity index (χ0v) is 17.7. The van der Waals surface area contributed by atoms with Crippen LogP contribution in [0.4, 0.5) is 10.1 Å². The van der Waals surface area contributed by atoms with E-state index in [1.54, 1.807) is 24.3 Å². The molecule has 2 aromatic rings. The number of carbonyl (C=O) groups excluding carboxylic acids is 1. The van der Waals surface area contributed by atoms with Crippen LogP contribution < -0.4 is 14.4 Å². The van der Waals surface area contributed by atoms with E-state index in [9.17, 15) is 17.6 Å². The molecule has 29 heavy (non-hydrogen) atoms. The average molecular weight is 421 g/mol. The van der Waals surface area contributed by atoms with Gasteiger partial charge < -0.3 is 10.1 Å². The van der Waals surface area contributed by atoms with Crippen LogP contribution in [0, 0.1) is 5.82 Å². The molecule has 8 heteroatoms. The van der Waals surface area contributed by atoms with Crippen molar-refractivity contribution in [3.63, 3.8) is 0 Å². The number of ether oxygens (including phenoxy) is 1. The molecule has 1 N–H and O–H groups in total. The van der Waals surface area contributed by atoms with Crippen molar-refractivity contribution in [3.05, 3.63) is 59.4 Å². The molecule has 0 aliphatic carbocycles. The van der Waals surface area contributed by atoms with Gasteiger partial charge in [0, 0.05) is 6.54 Å². The number of sulfonamides is 1. The van der Waals surface area contributed by atoms with Crippen LogP contribution >= 0.6 is 0 Å². The molecule has 1 atom stereocenters. The number of halogens is 1. The van der Waals surface area contributed by atoms with Crippen LogP contribution in [-0.4, -0.2) is 33.2 Å². The van der Waals surface area contributed by atoms with E-state index in [1.165, 1.54) is 16.4 Å². The zero-order chi connectivity index (χ0) is 21.4. The quantitative estimate of drug-likeness (QED) is 0.825. The van der Waals surface area contributed by atoms with Crippen LogP contribution in [-0.2, 0) is 26.8 Å². The summed E-state index contributed by atoms with van der Waals surface area (Å²) < 4.78 is 44.8. The van der Waals surface area contributed by atoms with Crippen molar-refractivity contribution < 1.29 is 22.3 Å². The van der Waals surface area contributed by atoms with Gasteiger partial charge in [0.1, 0.15) is 11.6 Å². The van der Waals surface area contributed by atoms with Gasteiger partial charge in [-0.2, -0.15) is 0 Å². The highest BCUT2D eigenvalue weighted by Crippen LogP contribution is 2.38. The lowest BCUT2D eigenvalue weighted by atomic mass is 9.86. The minimum atomic E-state index is -3.61. The van der Waals surface area contributed by atoms with Crippen LogP contribution in [0.25, 0.3) is 0 Å². The van der Waals surface area contributed by atoms with E-state index in [0.717, 1.165) is 17.4 Å². The standard InChI is InChI=1S/C21H25FN2O4S/c1-21(2,3)15-7-10-18-17(11-15)24(29(4,26)27)13-19(28-18)20(25)23-12-14-5-8-16(22)9-6-14/h5-11,19H,12-13H2,1-4H3,(H,23,25). The number of anilines is 1. The fourth-order valence-corrected chi connectivity index (χ4v) is 3.98. The molecular weight excluding hydrogens is 395 g/mol. The Kier molecular flexibility index (Phi) is 5.58. The lowest BCUT2D eigenvalue weighted by Crippen LogP contribution is -2.50. The number of carbonyl (C=O) groups is 1. The van der Waals surface area contributed by atoms with E-state index < -0.39 is 22.0 Å². The molecular formula is C21H25FN2O4S. The van der Waals surface area contributed by atoms with E-state index in [2.05, 4.69) is 5.32 Å². The summed E-state index contributed by atoms with van der Waals surface area (Å²) in [4.78, 5) is 12.6. The Morgan fingerprint density at radius 2 is 1.86 bits per heavy atom. The van der Waals surface area contributed by atoms with Gasteiger partial charge in [-0.3, -0.25) is 9.10 Å². The van der Waals surface area contributed by atoms with Gasteiger partial charge in [-0.15, -0.1) is 0 Å². The molecule has 0 saturated heterocycles. The molecule has 6 nitrogen and oxygen atoms in total. The smallest absolute Gasteiger partial charge is 0.263 e. The number of hydrogen-bond donors (Lipinski definition) is 1. The summed E-state index contributed by atoms with van der Waals surface area (Å²) in [5, 5.41) is 2.72. The fraction of sp³-hybridized carbons (Fsp3) is 0.381. The first-order chi connectivity index (χ1) is 13.4. The summed E-state index contributed by atoms with van der Waals surface area (Å²) in [6.07, 6.45) is 0.123. The number of benzene rings is 2. The topological polar surface area (TPSA) is 75.7 Å². The molecule has 1 aliphatic rings. The highest BCUT2D eigenvalue weighted by molar-refractivity contribution is 7.92. The number of rotatable bonds is 4. The normalized spacial score (nSPS) is 16.7. The summed E-state index contributed by atoms with van der Waals surface area (Å²) in [7, 11) is -3.61. The van der Waals surface area contributed by atoms with E-state index >= 15 is 0 Å². The van der Waals surface area contributed by atoms with Crippen molar-refractivity contribution in [3.8, 4) is 5.75 Å². The second-order valence-electron chi connectivity index (χ2n) is 8.18. The molecule has 0 saturated carbocycles. The molecule has 0 spiro atoms. The lowest BCUT2D eigenvalue weighted by Gasteiger charge is -2.35. The maximum Gasteiger partial charge on any atom is 0.263 e. The molecule has 2 aromatic carbocycles. The van der Waals surface area contributed by atoms with Crippen molar-refractivity contribution in [2.45, 2.75) is 38.8 Å². The van der Waals surface area contributed by atoms with Crippen molar-refractivity contribution in [2.75, 3.05) is 17.1 Å². The molecule has 1 amide bonds. The Balaban J connectivity index is 1.82. The number of amides is 1. The van der Waals surface area contributed by atoms with E-state index in [0.29, 0.717) is 11.4 Å². The van der Waals surface area contributed by atoms with Crippen molar-refractivity contribution >= 4 is 21.6 Å².